The van der Waals surface area contributed by atoms with Crippen LogP contribution in [-0.2, 0) is 5.41 Å². The molecule has 0 spiro atoms. The quantitative estimate of drug-likeness (QED) is 0.137. The molecule has 0 bridgehead atoms. The Balaban J connectivity index is 1.64. The predicted octanol–water partition coefficient (Wildman–Crippen LogP) is 9.45. The minimum Gasteiger partial charge on any atom is -0.497 e. The summed E-state index contributed by atoms with van der Waals surface area (Å²) in [7, 11) is 1.73. The van der Waals surface area contributed by atoms with Crippen molar-refractivity contribution < 1.29 is 14.3 Å². The number of carbonyl (C=O) groups excluding carboxylic acids is 2. The number of rotatable bonds is 9. The number of unbranched alkanes of at least 4 members (excludes halogenated alkanes) is 3. The van der Waals surface area contributed by atoms with E-state index in [1.807, 2.05) is 36.4 Å². The zero-order chi connectivity index (χ0) is 28.9. The second-order valence-electron chi connectivity index (χ2n) is 11.7. The molecule has 0 N–H and O–H groups in total. The van der Waals surface area contributed by atoms with E-state index in [-0.39, 0.29) is 17.0 Å². The standard InChI is InChI=1S/C37H37NO3/c1-6-7-8-9-18-37(4)33-20-28(41-5)15-16-29(33)30-21-32-31-19-26(24(3)40)12-17-35(31)38(36(32)22-34(30)37)27-13-10-25(11-14-27)23(2)39/h10-17,19-22H,6-9,18H2,1-5H3. The van der Waals surface area contributed by atoms with E-state index in [0.717, 1.165) is 46.1 Å². The first-order valence-electron chi connectivity index (χ1n) is 14.7. The molecule has 1 aliphatic carbocycles. The van der Waals surface area contributed by atoms with Crippen LogP contribution in [0.4, 0.5) is 0 Å². The molecular weight excluding hydrogens is 506 g/mol. The van der Waals surface area contributed by atoms with E-state index < -0.39 is 0 Å². The van der Waals surface area contributed by atoms with Gasteiger partial charge < -0.3 is 9.30 Å². The number of methoxy groups -OCH3 is 1. The highest BCUT2D eigenvalue weighted by Crippen LogP contribution is 2.54. The summed E-state index contributed by atoms with van der Waals surface area (Å²) in [6.07, 6.45) is 5.90. The molecule has 1 aromatic heterocycles. The van der Waals surface area contributed by atoms with Gasteiger partial charge in [-0.15, -0.1) is 0 Å². The molecule has 0 radical (unpaired) electrons. The highest BCUT2D eigenvalue weighted by Gasteiger charge is 2.40. The van der Waals surface area contributed by atoms with E-state index >= 15 is 0 Å². The zero-order valence-corrected chi connectivity index (χ0v) is 24.6. The maximum absolute atomic E-state index is 12.4. The molecule has 1 atom stereocenters. The lowest BCUT2D eigenvalue weighted by molar-refractivity contribution is 0.100. The Hall–Kier alpha value is -4.18. The number of ketones is 2. The van der Waals surface area contributed by atoms with Gasteiger partial charge in [-0.2, -0.15) is 0 Å². The maximum atomic E-state index is 12.4. The summed E-state index contributed by atoms with van der Waals surface area (Å²) in [5.41, 5.74) is 9.57. The van der Waals surface area contributed by atoms with Gasteiger partial charge in [-0.1, -0.05) is 45.6 Å². The summed E-state index contributed by atoms with van der Waals surface area (Å²) in [6, 6.07) is 25.0. The van der Waals surface area contributed by atoms with Crippen LogP contribution in [0, 0.1) is 0 Å². The van der Waals surface area contributed by atoms with Gasteiger partial charge in [0.15, 0.2) is 11.6 Å². The van der Waals surface area contributed by atoms with Crippen LogP contribution in [0.2, 0.25) is 0 Å². The van der Waals surface area contributed by atoms with Gasteiger partial charge >= 0.3 is 0 Å². The molecule has 1 heterocycles. The van der Waals surface area contributed by atoms with Gasteiger partial charge in [0, 0.05) is 33.0 Å². The summed E-state index contributed by atoms with van der Waals surface area (Å²) < 4.78 is 7.95. The van der Waals surface area contributed by atoms with E-state index in [2.05, 4.69) is 54.8 Å². The fourth-order valence-electron chi connectivity index (χ4n) is 6.75. The first-order chi connectivity index (χ1) is 19.8. The highest BCUT2D eigenvalue weighted by molar-refractivity contribution is 6.13. The van der Waals surface area contributed by atoms with Crippen LogP contribution >= 0.6 is 0 Å². The molecule has 41 heavy (non-hydrogen) atoms. The molecule has 0 saturated heterocycles. The second kappa shape index (κ2) is 10.3. The number of hydrogen-bond acceptors (Lipinski definition) is 3. The molecule has 0 aliphatic heterocycles. The summed E-state index contributed by atoms with van der Waals surface area (Å²) in [5.74, 6) is 0.985. The summed E-state index contributed by atoms with van der Waals surface area (Å²) >= 11 is 0. The van der Waals surface area contributed by atoms with E-state index in [4.69, 9.17) is 4.74 Å². The third-order valence-corrected chi connectivity index (χ3v) is 9.08. The fraction of sp³-hybridized carbons (Fsp3) is 0.297. The fourth-order valence-corrected chi connectivity index (χ4v) is 6.75. The highest BCUT2D eigenvalue weighted by atomic mass is 16.5. The van der Waals surface area contributed by atoms with E-state index in [9.17, 15) is 9.59 Å². The van der Waals surface area contributed by atoms with Crippen molar-refractivity contribution >= 4 is 33.4 Å². The summed E-state index contributed by atoms with van der Waals surface area (Å²) in [4.78, 5) is 24.4. The van der Waals surface area contributed by atoms with Gasteiger partial charge in [-0.05, 0) is 109 Å². The van der Waals surface area contributed by atoms with E-state index in [0.29, 0.717) is 11.1 Å². The summed E-state index contributed by atoms with van der Waals surface area (Å²) in [5, 5.41) is 2.17. The molecule has 1 aliphatic rings. The Morgan fingerprint density at radius 3 is 2.10 bits per heavy atom. The number of nitrogens with zero attached hydrogens (tertiary/aromatic N) is 1. The van der Waals surface area contributed by atoms with Crippen LogP contribution in [0.3, 0.4) is 0 Å². The molecular formula is C37H37NO3. The lowest BCUT2D eigenvalue weighted by atomic mass is 9.76. The summed E-state index contributed by atoms with van der Waals surface area (Å²) in [6.45, 7) is 7.85. The topological polar surface area (TPSA) is 48.3 Å². The van der Waals surface area contributed by atoms with Crippen LogP contribution in [0.25, 0.3) is 38.6 Å². The average Bonchev–Trinajstić information content (AvgIpc) is 3.42. The molecule has 0 saturated carbocycles. The largest absolute Gasteiger partial charge is 0.497 e. The Morgan fingerprint density at radius 2 is 1.41 bits per heavy atom. The Kier molecular flexibility index (Phi) is 6.81. The number of fused-ring (bicyclic) bond motifs is 6. The third kappa shape index (κ3) is 4.37. The molecule has 5 aromatic rings. The number of ether oxygens (including phenoxy) is 1. The van der Waals surface area contributed by atoms with Crippen molar-refractivity contribution in [2.24, 2.45) is 0 Å². The first-order valence-corrected chi connectivity index (χ1v) is 14.7. The molecule has 0 fully saturated rings. The predicted molar refractivity (Wildman–Crippen MR) is 168 cm³/mol. The minimum absolute atomic E-state index is 0.0507. The Morgan fingerprint density at radius 1 is 0.732 bits per heavy atom. The monoisotopic (exact) mass is 543 g/mol. The number of hydrogen-bond donors (Lipinski definition) is 0. The molecule has 4 aromatic carbocycles. The normalized spacial score (nSPS) is 15.7. The minimum atomic E-state index is -0.147. The average molecular weight is 544 g/mol. The number of benzene rings is 4. The lowest BCUT2D eigenvalue weighted by Crippen LogP contribution is -2.20. The molecule has 4 nitrogen and oxygen atoms in total. The molecule has 4 heteroatoms. The van der Waals surface area contributed by atoms with Gasteiger partial charge in [0.25, 0.3) is 0 Å². The van der Waals surface area contributed by atoms with Crippen LogP contribution in [-0.4, -0.2) is 23.2 Å². The SMILES string of the molecule is CCCCCCC1(C)c2cc(OC)ccc2-c2cc3c4cc(C(C)=O)ccc4n(-c4ccc(C(C)=O)cc4)c3cc21. The van der Waals surface area contributed by atoms with E-state index in [1.54, 1.807) is 21.0 Å². The van der Waals surface area contributed by atoms with Gasteiger partial charge in [0.1, 0.15) is 5.75 Å². The van der Waals surface area contributed by atoms with Crippen LogP contribution < -0.4 is 4.74 Å². The van der Waals surface area contributed by atoms with Crippen molar-refractivity contribution in [3.8, 4) is 22.6 Å². The second-order valence-corrected chi connectivity index (χ2v) is 11.7. The molecule has 6 rings (SSSR count). The van der Waals surface area contributed by atoms with Crippen molar-refractivity contribution in [3.05, 3.63) is 95.1 Å². The zero-order valence-electron chi connectivity index (χ0n) is 24.6. The maximum Gasteiger partial charge on any atom is 0.159 e. The van der Waals surface area contributed by atoms with Gasteiger partial charge in [-0.25, -0.2) is 0 Å². The first kappa shape index (κ1) is 27.0. The number of aromatic nitrogens is 1. The van der Waals surface area contributed by atoms with E-state index in [1.165, 1.54) is 41.5 Å². The van der Waals surface area contributed by atoms with Crippen molar-refractivity contribution in [1.82, 2.24) is 4.57 Å². The van der Waals surface area contributed by atoms with Crippen molar-refractivity contribution in [1.29, 1.82) is 0 Å². The third-order valence-electron chi connectivity index (χ3n) is 9.08. The van der Waals surface area contributed by atoms with Crippen LogP contribution in [0.15, 0.2) is 72.8 Å². The van der Waals surface area contributed by atoms with Crippen LogP contribution in [0.5, 0.6) is 5.75 Å². The lowest BCUT2D eigenvalue weighted by Gasteiger charge is -2.28. The van der Waals surface area contributed by atoms with Crippen molar-refractivity contribution in [2.75, 3.05) is 7.11 Å². The van der Waals surface area contributed by atoms with Crippen LogP contribution in [0.1, 0.15) is 91.6 Å². The van der Waals surface area contributed by atoms with Crippen molar-refractivity contribution in [2.45, 2.75) is 65.2 Å². The molecule has 208 valence electrons. The molecule has 1 unspecified atom stereocenters. The van der Waals surface area contributed by atoms with Gasteiger partial charge in [-0.3, -0.25) is 9.59 Å². The Labute approximate surface area is 242 Å². The number of Topliss-reactive ketones (excluding diaryl/α,β-unsaturated/α-hetero) is 2. The van der Waals surface area contributed by atoms with Crippen molar-refractivity contribution in [3.63, 3.8) is 0 Å². The smallest absolute Gasteiger partial charge is 0.159 e. The molecule has 0 amide bonds. The van der Waals surface area contributed by atoms with Gasteiger partial charge in [0.2, 0.25) is 0 Å². The Bertz CT molecular complexity index is 1830. The number of carbonyl (C=O) groups is 2. The van der Waals surface area contributed by atoms with Gasteiger partial charge in [0.05, 0.1) is 18.1 Å².